The highest BCUT2D eigenvalue weighted by molar-refractivity contribution is 5.92. The standard InChI is InChI=1S/C20H17N3O5/c1-14-2-11-19(28-14)20(24)22-21-12-15-5-9-18(10-6-15)27-13-16-3-7-17(8-4-16)23(25)26/h2-12H,13H2,1H3,(H,22,24)/b21-12-. The van der Waals surface area contributed by atoms with E-state index in [-0.39, 0.29) is 11.4 Å². The highest BCUT2D eigenvalue weighted by atomic mass is 16.6. The third kappa shape index (κ3) is 5.04. The Morgan fingerprint density at radius 1 is 1.14 bits per heavy atom. The first-order valence-corrected chi connectivity index (χ1v) is 8.37. The van der Waals surface area contributed by atoms with Crippen LogP contribution in [0.5, 0.6) is 5.75 Å². The van der Waals surface area contributed by atoms with E-state index in [9.17, 15) is 14.9 Å². The number of nitrogens with one attached hydrogen (secondary N) is 1. The van der Waals surface area contributed by atoms with Crippen molar-refractivity contribution in [2.45, 2.75) is 13.5 Å². The predicted octanol–water partition coefficient (Wildman–Crippen LogP) is 3.84. The molecule has 0 atom stereocenters. The number of ether oxygens (including phenoxy) is 1. The van der Waals surface area contributed by atoms with Crippen LogP contribution in [0.4, 0.5) is 5.69 Å². The van der Waals surface area contributed by atoms with Crippen LogP contribution in [-0.2, 0) is 6.61 Å². The van der Waals surface area contributed by atoms with Gasteiger partial charge in [-0.1, -0.05) is 0 Å². The average molecular weight is 379 g/mol. The van der Waals surface area contributed by atoms with E-state index >= 15 is 0 Å². The fourth-order valence-electron chi connectivity index (χ4n) is 2.31. The number of aryl methyl sites for hydroxylation is 1. The van der Waals surface area contributed by atoms with Crippen molar-refractivity contribution in [1.82, 2.24) is 5.43 Å². The molecule has 8 heteroatoms. The van der Waals surface area contributed by atoms with Crippen LogP contribution in [0.2, 0.25) is 0 Å². The molecule has 0 bridgehead atoms. The lowest BCUT2D eigenvalue weighted by atomic mass is 10.2. The Kier molecular flexibility index (Phi) is 5.81. The molecule has 28 heavy (non-hydrogen) atoms. The number of furan rings is 1. The van der Waals surface area contributed by atoms with Crippen LogP contribution in [0, 0.1) is 17.0 Å². The molecule has 0 aliphatic carbocycles. The summed E-state index contributed by atoms with van der Waals surface area (Å²) >= 11 is 0. The number of benzene rings is 2. The Hall–Kier alpha value is -3.94. The summed E-state index contributed by atoms with van der Waals surface area (Å²) in [6, 6.07) is 16.6. The monoisotopic (exact) mass is 379 g/mol. The van der Waals surface area contributed by atoms with Crippen molar-refractivity contribution in [2.75, 3.05) is 0 Å². The molecule has 0 spiro atoms. The molecule has 1 amide bonds. The molecule has 0 fully saturated rings. The SMILES string of the molecule is Cc1ccc(C(=O)N/N=C\c2ccc(OCc3ccc([N+](=O)[O-])cc3)cc2)o1. The van der Waals surface area contributed by atoms with Crippen molar-refractivity contribution >= 4 is 17.8 Å². The smallest absolute Gasteiger partial charge is 0.307 e. The van der Waals surface area contributed by atoms with Gasteiger partial charge < -0.3 is 9.15 Å². The lowest BCUT2D eigenvalue weighted by Crippen LogP contribution is -2.16. The fourth-order valence-corrected chi connectivity index (χ4v) is 2.31. The van der Waals surface area contributed by atoms with Crippen molar-refractivity contribution in [3.05, 3.63) is 93.4 Å². The number of nitro benzene ring substituents is 1. The topological polar surface area (TPSA) is 107 Å². The largest absolute Gasteiger partial charge is 0.489 e. The molecule has 3 aromatic rings. The maximum absolute atomic E-state index is 11.8. The predicted molar refractivity (Wildman–Crippen MR) is 102 cm³/mol. The second-order valence-electron chi connectivity index (χ2n) is 5.89. The quantitative estimate of drug-likeness (QED) is 0.381. The number of nitro groups is 1. The summed E-state index contributed by atoms with van der Waals surface area (Å²) in [4.78, 5) is 22.0. The highest BCUT2D eigenvalue weighted by Crippen LogP contribution is 2.16. The fraction of sp³-hybridized carbons (Fsp3) is 0.100. The zero-order valence-corrected chi connectivity index (χ0v) is 15.0. The van der Waals surface area contributed by atoms with Gasteiger partial charge in [-0.15, -0.1) is 0 Å². The molecule has 8 nitrogen and oxygen atoms in total. The minimum Gasteiger partial charge on any atom is -0.489 e. The Labute approximate surface area is 160 Å². The molecule has 3 rings (SSSR count). The summed E-state index contributed by atoms with van der Waals surface area (Å²) in [7, 11) is 0. The van der Waals surface area contributed by atoms with Crippen LogP contribution in [0.3, 0.4) is 0 Å². The molecular formula is C20H17N3O5. The summed E-state index contributed by atoms with van der Waals surface area (Å²) in [6.45, 7) is 2.05. The lowest BCUT2D eigenvalue weighted by molar-refractivity contribution is -0.384. The van der Waals surface area contributed by atoms with Gasteiger partial charge in [0.25, 0.3) is 5.69 Å². The van der Waals surface area contributed by atoms with E-state index < -0.39 is 10.8 Å². The number of hydrogen-bond acceptors (Lipinski definition) is 6. The van der Waals surface area contributed by atoms with Gasteiger partial charge in [-0.25, -0.2) is 5.43 Å². The summed E-state index contributed by atoms with van der Waals surface area (Å²) in [6.07, 6.45) is 1.51. The molecule has 0 aliphatic heterocycles. The number of hydrazone groups is 1. The number of rotatable bonds is 7. The maximum Gasteiger partial charge on any atom is 0.307 e. The van der Waals surface area contributed by atoms with Gasteiger partial charge in [0.05, 0.1) is 11.1 Å². The van der Waals surface area contributed by atoms with Gasteiger partial charge in [0, 0.05) is 12.1 Å². The van der Waals surface area contributed by atoms with E-state index in [1.54, 1.807) is 55.5 Å². The minimum absolute atomic E-state index is 0.0432. The molecule has 0 unspecified atom stereocenters. The highest BCUT2D eigenvalue weighted by Gasteiger charge is 2.08. The first-order chi connectivity index (χ1) is 13.5. The van der Waals surface area contributed by atoms with Gasteiger partial charge in [0.2, 0.25) is 0 Å². The van der Waals surface area contributed by atoms with Crippen LogP contribution in [0.1, 0.15) is 27.4 Å². The molecule has 0 saturated heterocycles. The molecular weight excluding hydrogens is 362 g/mol. The van der Waals surface area contributed by atoms with Gasteiger partial charge in [-0.05, 0) is 66.6 Å². The van der Waals surface area contributed by atoms with Gasteiger partial charge in [0.15, 0.2) is 5.76 Å². The normalized spacial score (nSPS) is 10.8. The van der Waals surface area contributed by atoms with Crippen LogP contribution in [0.25, 0.3) is 0 Å². The molecule has 1 heterocycles. The summed E-state index contributed by atoms with van der Waals surface area (Å²) < 4.78 is 10.9. The van der Waals surface area contributed by atoms with Crippen LogP contribution in [-0.4, -0.2) is 17.0 Å². The molecule has 0 radical (unpaired) electrons. The summed E-state index contributed by atoms with van der Waals surface area (Å²) in [5, 5.41) is 14.5. The zero-order valence-electron chi connectivity index (χ0n) is 15.0. The molecule has 0 aliphatic rings. The number of non-ortho nitro benzene ring substituents is 1. The van der Waals surface area contributed by atoms with Gasteiger partial charge in [-0.2, -0.15) is 5.10 Å². The van der Waals surface area contributed by atoms with Crippen LogP contribution >= 0.6 is 0 Å². The molecule has 142 valence electrons. The minimum atomic E-state index is -0.441. The zero-order chi connectivity index (χ0) is 19.9. The number of carbonyl (C=O) groups excluding carboxylic acids is 1. The van der Waals surface area contributed by atoms with Crippen molar-refractivity contribution in [2.24, 2.45) is 5.10 Å². The second kappa shape index (κ2) is 8.63. The maximum atomic E-state index is 11.8. The van der Waals surface area contributed by atoms with Gasteiger partial charge >= 0.3 is 5.91 Å². The molecule has 1 N–H and O–H groups in total. The van der Waals surface area contributed by atoms with E-state index in [1.807, 2.05) is 0 Å². The van der Waals surface area contributed by atoms with Crippen molar-refractivity contribution in [3.8, 4) is 5.75 Å². The van der Waals surface area contributed by atoms with E-state index in [0.29, 0.717) is 18.1 Å². The average Bonchev–Trinajstić information content (AvgIpc) is 3.14. The van der Waals surface area contributed by atoms with E-state index in [4.69, 9.17) is 9.15 Å². The van der Waals surface area contributed by atoms with Gasteiger partial charge in [0.1, 0.15) is 18.1 Å². The van der Waals surface area contributed by atoms with E-state index in [1.165, 1.54) is 18.3 Å². The van der Waals surface area contributed by atoms with Gasteiger partial charge in [-0.3, -0.25) is 14.9 Å². The summed E-state index contributed by atoms with van der Waals surface area (Å²) in [5.41, 5.74) is 4.04. The summed E-state index contributed by atoms with van der Waals surface area (Å²) in [5.74, 6) is 1.07. The number of carbonyl (C=O) groups is 1. The molecule has 1 aromatic heterocycles. The Morgan fingerprint density at radius 3 is 2.46 bits per heavy atom. The number of amides is 1. The number of nitrogens with zero attached hydrogens (tertiary/aromatic N) is 2. The van der Waals surface area contributed by atoms with Crippen molar-refractivity contribution in [3.63, 3.8) is 0 Å². The first-order valence-electron chi connectivity index (χ1n) is 8.37. The third-order valence-electron chi connectivity index (χ3n) is 3.78. The Bertz CT molecular complexity index is 991. The second-order valence-corrected chi connectivity index (χ2v) is 5.89. The van der Waals surface area contributed by atoms with E-state index in [2.05, 4.69) is 10.5 Å². The van der Waals surface area contributed by atoms with E-state index in [0.717, 1.165) is 11.1 Å². The number of hydrogen-bond donors (Lipinski definition) is 1. The lowest BCUT2D eigenvalue weighted by Gasteiger charge is -2.06. The van der Waals surface area contributed by atoms with Crippen LogP contribution in [0.15, 0.2) is 70.2 Å². The Morgan fingerprint density at radius 2 is 1.86 bits per heavy atom. The van der Waals surface area contributed by atoms with Crippen molar-refractivity contribution in [1.29, 1.82) is 0 Å². The first kappa shape index (κ1) is 18.8. The van der Waals surface area contributed by atoms with Crippen LogP contribution < -0.4 is 10.2 Å². The Balaban J connectivity index is 1.50. The third-order valence-corrected chi connectivity index (χ3v) is 3.78. The molecule has 2 aromatic carbocycles. The van der Waals surface area contributed by atoms with Crippen molar-refractivity contribution < 1.29 is 18.9 Å². The molecule has 0 saturated carbocycles.